The number of likely N-dealkylation sites (tertiary alicyclic amines) is 1. The topological polar surface area (TPSA) is 46.8 Å². The summed E-state index contributed by atoms with van der Waals surface area (Å²) >= 11 is 6.34. The fourth-order valence-electron chi connectivity index (χ4n) is 3.66. The van der Waals surface area contributed by atoms with Crippen molar-refractivity contribution in [2.45, 2.75) is 37.8 Å². The highest BCUT2D eigenvalue weighted by Crippen LogP contribution is 2.38. The van der Waals surface area contributed by atoms with Crippen LogP contribution >= 0.6 is 11.6 Å². The molecule has 0 amide bonds. The van der Waals surface area contributed by atoms with Gasteiger partial charge in [0.25, 0.3) is 0 Å². The first-order chi connectivity index (χ1) is 10.3. The lowest BCUT2D eigenvalue weighted by Crippen LogP contribution is -2.30. The number of aromatic nitrogens is 4. The highest BCUT2D eigenvalue weighted by molar-refractivity contribution is 6.31. The monoisotopic (exact) mass is 303 g/mol. The van der Waals surface area contributed by atoms with E-state index >= 15 is 0 Å². The highest BCUT2D eigenvalue weighted by atomic mass is 35.5. The number of hydrogen-bond donors (Lipinski definition) is 0. The molecule has 4 rings (SSSR count). The molecule has 1 saturated heterocycles. The molecular formula is C15H18ClN5. The highest BCUT2D eigenvalue weighted by Gasteiger charge is 2.34. The van der Waals surface area contributed by atoms with Crippen LogP contribution in [0.1, 0.15) is 42.6 Å². The zero-order chi connectivity index (χ0) is 14.2. The molecule has 0 radical (unpaired) electrons. The van der Waals surface area contributed by atoms with Gasteiger partial charge in [0.2, 0.25) is 0 Å². The quantitative estimate of drug-likeness (QED) is 0.856. The van der Waals surface area contributed by atoms with Gasteiger partial charge in [0.1, 0.15) is 12.7 Å². The minimum atomic E-state index is 0.404. The number of fused-ring (bicyclic) bond motifs is 1. The number of pyridine rings is 1. The number of halogens is 1. The van der Waals surface area contributed by atoms with E-state index in [1.165, 1.54) is 24.1 Å². The third-order valence-electron chi connectivity index (χ3n) is 4.70. The molecule has 5 nitrogen and oxygen atoms in total. The molecule has 2 aliphatic rings. The molecule has 0 bridgehead atoms. The summed E-state index contributed by atoms with van der Waals surface area (Å²) in [5.41, 5.74) is 2.44. The van der Waals surface area contributed by atoms with Crippen LogP contribution in [0.4, 0.5) is 0 Å². The van der Waals surface area contributed by atoms with Crippen molar-refractivity contribution in [3.8, 4) is 0 Å². The average Bonchev–Trinajstić information content (AvgIpc) is 3.18. The van der Waals surface area contributed by atoms with Crippen LogP contribution in [-0.4, -0.2) is 37.7 Å². The van der Waals surface area contributed by atoms with Crippen molar-refractivity contribution >= 4 is 11.6 Å². The van der Waals surface area contributed by atoms with Gasteiger partial charge < -0.3 is 0 Å². The van der Waals surface area contributed by atoms with Gasteiger partial charge in [0, 0.05) is 24.3 Å². The molecule has 0 saturated carbocycles. The molecule has 1 aliphatic carbocycles. The first-order valence-electron chi connectivity index (χ1n) is 7.54. The standard InChI is InChI=1S/C15H18ClN5/c16-13-4-6-18-15-12(13)2-1-3-14(15)20-7-5-11(8-20)21-10-17-9-19-21/h4,6,9-11,14H,1-3,5,7-8H2. The first kappa shape index (κ1) is 13.2. The van der Waals surface area contributed by atoms with Gasteiger partial charge in [-0.1, -0.05) is 11.6 Å². The second-order valence-electron chi connectivity index (χ2n) is 5.88. The summed E-state index contributed by atoms with van der Waals surface area (Å²) < 4.78 is 1.98. The molecule has 3 heterocycles. The minimum absolute atomic E-state index is 0.404. The molecular weight excluding hydrogens is 286 g/mol. The van der Waals surface area contributed by atoms with Crippen LogP contribution in [0.25, 0.3) is 0 Å². The molecule has 6 heteroatoms. The molecule has 21 heavy (non-hydrogen) atoms. The fraction of sp³-hybridized carbons (Fsp3) is 0.533. The van der Waals surface area contributed by atoms with Crippen LogP contribution in [0.15, 0.2) is 24.9 Å². The average molecular weight is 304 g/mol. The third kappa shape index (κ3) is 2.34. The molecule has 0 spiro atoms. The third-order valence-corrected chi connectivity index (χ3v) is 5.05. The Hall–Kier alpha value is -1.46. The van der Waals surface area contributed by atoms with Crippen molar-refractivity contribution in [3.05, 3.63) is 41.2 Å². The summed E-state index contributed by atoms with van der Waals surface area (Å²) in [4.78, 5) is 11.2. The van der Waals surface area contributed by atoms with Crippen LogP contribution in [0, 0.1) is 0 Å². The molecule has 0 N–H and O–H groups in total. The lowest BCUT2D eigenvalue weighted by atomic mass is 9.91. The van der Waals surface area contributed by atoms with Gasteiger partial charge in [-0.3, -0.25) is 9.88 Å². The van der Waals surface area contributed by atoms with E-state index in [2.05, 4.69) is 20.0 Å². The zero-order valence-electron chi connectivity index (χ0n) is 11.8. The van der Waals surface area contributed by atoms with Crippen LogP contribution in [0.3, 0.4) is 0 Å². The van der Waals surface area contributed by atoms with Gasteiger partial charge >= 0.3 is 0 Å². The fourth-order valence-corrected chi connectivity index (χ4v) is 3.90. The van der Waals surface area contributed by atoms with Crippen molar-refractivity contribution in [2.75, 3.05) is 13.1 Å². The second kappa shape index (κ2) is 5.39. The van der Waals surface area contributed by atoms with Crippen molar-refractivity contribution in [3.63, 3.8) is 0 Å². The van der Waals surface area contributed by atoms with Crippen molar-refractivity contribution in [1.82, 2.24) is 24.6 Å². The van der Waals surface area contributed by atoms with Crippen molar-refractivity contribution in [2.24, 2.45) is 0 Å². The maximum absolute atomic E-state index is 6.34. The van der Waals surface area contributed by atoms with E-state index in [4.69, 9.17) is 11.6 Å². The summed E-state index contributed by atoms with van der Waals surface area (Å²) in [6.07, 6.45) is 9.80. The molecule has 1 aliphatic heterocycles. The Kier molecular flexibility index (Phi) is 3.39. The molecule has 110 valence electrons. The first-order valence-corrected chi connectivity index (χ1v) is 7.92. The maximum Gasteiger partial charge on any atom is 0.137 e. The lowest BCUT2D eigenvalue weighted by Gasteiger charge is -2.32. The predicted octanol–water partition coefficient (Wildman–Crippen LogP) is 2.65. The maximum atomic E-state index is 6.34. The van der Waals surface area contributed by atoms with Gasteiger partial charge in [-0.15, -0.1) is 0 Å². The minimum Gasteiger partial charge on any atom is -0.293 e. The van der Waals surface area contributed by atoms with E-state index in [-0.39, 0.29) is 0 Å². The second-order valence-corrected chi connectivity index (χ2v) is 6.28. The van der Waals surface area contributed by atoms with E-state index in [1.807, 2.05) is 23.3 Å². The number of hydrogen-bond acceptors (Lipinski definition) is 4. The van der Waals surface area contributed by atoms with E-state index in [0.717, 1.165) is 31.0 Å². The Morgan fingerprint density at radius 2 is 2.24 bits per heavy atom. The van der Waals surface area contributed by atoms with Crippen molar-refractivity contribution < 1.29 is 0 Å². The molecule has 2 aromatic rings. The molecule has 2 atom stereocenters. The smallest absolute Gasteiger partial charge is 0.137 e. The summed E-state index contributed by atoms with van der Waals surface area (Å²) in [5, 5.41) is 5.15. The van der Waals surface area contributed by atoms with Crippen LogP contribution in [0.5, 0.6) is 0 Å². The van der Waals surface area contributed by atoms with E-state index in [0.29, 0.717) is 12.1 Å². The summed E-state index contributed by atoms with van der Waals surface area (Å²) in [5.74, 6) is 0. The largest absolute Gasteiger partial charge is 0.293 e. The Morgan fingerprint density at radius 1 is 1.29 bits per heavy atom. The Morgan fingerprint density at radius 3 is 3.10 bits per heavy atom. The van der Waals surface area contributed by atoms with Crippen molar-refractivity contribution in [1.29, 1.82) is 0 Å². The van der Waals surface area contributed by atoms with Gasteiger partial charge in [-0.25, -0.2) is 9.67 Å². The number of nitrogens with zero attached hydrogens (tertiary/aromatic N) is 5. The van der Waals surface area contributed by atoms with E-state index < -0.39 is 0 Å². The van der Waals surface area contributed by atoms with E-state index in [9.17, 15) is 0 Å². The van der Waals surface area contributed by atoms with Gasteiger partial charge in [-0.2, -0.15) is 5.10 Å². The van der Waals surface area contributed by atoms with Gasteiger partial charge in [0.15, 0.2) is 0 Å². The van der Waals surface area contributed by atoms with Crippen LogP contribution in [0.2, 0.25) is 5.02 Å². The van der Waals surface area contributed by atoms with Gasteiger partial charge in [0.05, 0.1) is 17.8 Å². The Balaban J connectivity index is 1.58. The lowest BCUT2D eigenvalue weighted by molar-refractivity contribution is 0.207. The van der Waals surface area contributed by atoms with Gasteiger partial charge in [-0.05, 0) is 37.3 Å². The molecule has 2 unspecified atom stereocenters. The molecule has 2 aromatic heterocycles. The summed E-state index contributed by atoms with van der Waals surface area (Å²) in [7, 11) is 0. The van der Waals surface area contributed by atoms with E-state index in [1.54, 1.807) is 6.33 Å². The van der Waals surface area contributed by atoms with Crippen LogP contribution < -0.4 is 0 Å². The zero-order valence-corrected chi connectivity index (χ0v) is 12.6. The predicted molar refractivity (Wildman–Crippen MR) is 80.2 cm³/mol. The Bertz CT molecular complexity index is 627. The molecule has 0 aromatic carbocycles. The summed E-state index contributed by atoms with van der Waals surface area (Å²) in [6, 6.07) is 2.74. The summed E-state index contributed by atoms with van der Waals surface area (Å²) in [6.45, 7) is 2.10. The normalized spacial score (nSPS) is 26.0. The molecule has 1 fully saturated rings. The van der Waals surface area contributed by atoms with Crippen LogP contribution in [-0.2, 0) is 6.42 Å². The Labute approximate surface area is 129 Å². The SMILES string of the molecule is Clc1ccnc2c1CCCC2N1CCC(n2cncn2)C1. The number of rotatable bonds is 2.